The molecule has 3 aromatic rings. The third-order valence-corrected chi connectivity index (χ3v) is 5.30. The molecule has 1 aromatic heterocycles. The van der Waals surface area contributed by atoms with Gasteiger partial charge in [-0.1, -0.05) is 34.8 Å². The van der Waals surface area contributed by atoms with Crippen LogP contribution in [0.15, 0.2) is 64.6 Å². The van der Waals surface area contributed by atoms with Crippen molar-refractivity contribution in [1.82, 2.24) is 5.32 Å². The van der Waals surface area contributed by atoms with Crippen molar-refractivity contribution in [2.45, 2.75) is 0 Å². The number of amides is 4. The van der Waals surface area contributed by atoms with Crippen molar-refractivity contribution in [3.05, 3.63) is 81.0 Å². The lowest BCUT2D eigenvalue weighted by atomic mass is 10.1. The number of urea groups is 1. The lowest BCUT2D eigenvalue weighted by molar-refractivity contribution is -0.122. The first-order valence-corrected chi connectivity index (χ1v) is 9.69. The molecule has 4 amide bonds. The van der Waals surface area contributed by atoms with E-state index >= 15 is 0 Å². The lowest BCUT2D eigenvalue weighted by Crippen LogP contribution is -2.54. The van der Waals surface area contributed by atoms with Crippen LogP contribution in [0.5, 0.6) is 0 Å². The van der Waals surface area contributed by atoms with Crippen molar-refractivity contribution in [1.29, 1.82) is 0 Å². The van der Waals surface area contributed by atoms with Gasteiger partial charge >= 0.3 is 6.03 Å². The molecule has 1 N–H and O–H groups in total. The highest BCUT2D eigenvalue weighted by Crippen LogP contribution is 2.30. The molecule has 6 nitrogen and oxygen atoms in total. The Hall–Kier alpha value is -3.06. The second-order valence-electron chi connectivity index (χ2n) is 6.27. The van der Waals surface area contributed by atoms with Gasteiger partial charge < -0.3 is 4.42 Å². The number of hydrogen-bond acceptors (Lipinski definition) is 4. The molecule has 0 unspecified atom stereocenters. The summed E-state index contributed by atoms with van der Waals surface area (Å²) in [5, 5.41) is 3.37. The number of benzene rings is 2. The van der Waals surface area contributed by atoms with Gasteiger partial charge in [0, 0.05) is 10.6 Å². The molecule has 0 atom stereocenters. The van der Waals surface area contributed by atoms with Crippen LogP contribution in [0.4, 0.5) is 10.5 Å². The van der Waals surface area contributed by atoms with Crippen LogP contribution >= 0.6 is 34.8 Å². The van der Waals surface area contributed by atoms with Crippen LogP contribution in [0.1, 0.15) is 5.76 Å². The topological polar surface area (TPSA) is 79.6 Å². The Morgan fingerprint density at radius 2 is 1.60 bits per heavy atom. The minimum atomic E-state index is -0.847. The average Bonchev–Trinajstić information content (AvgIpc) is 3.17. The Morgan fingerprint density at radius 3 is 2.30 bits per heavy atom. The molecule has 0 bridgehead atoms. The van der Waals surface area contributed by atoms with Gasteiger partial charge in [-0.2, -0.15) is 0 Å². The molecule has 0 radical (unpaired) electrons. The highest BCUT2D eigenvalue weighted by atomic mass is 35.5. The van der Waals surface area contributed by atoms with Gasteiger partial charge in [0.05, 0.1) is 15.7 Å². The fraction of sp³-hybridized carbons (Fsp3) is 0. The van der Waals surface area contributed by atoms with Gasteiger partial charge in [0.15, 0.2) is 0 Å². The predicted molar refractivity (Wildman–Crippen MR) is 115 cm³/mol. The van der Waals surface area contributed by atoms with Crippen LogP contribution in [0.25, 0.3) is 17.4 Å². The first kappa shape index (κ1) is 20.2. The van der Waals surface area contributed by atoms with Crippen molar-refractivity contribution in [3.63, 3.8) is 0 Å². The number of rotatable bonds is 3. The first-order valence-electron chi connectivity index (χ1n) is 8.56. The van der Waals surface area contributed by atoms with Crippen molar-refractivity contribution < 1.29 is 18.8 Å². The van der Waals surface area contributed by atoms with Gasteiger partial charge in [-0.25, -0.2) is 9.69 Å². The molecule has 1 saturated heterocycles. The van der Waals surface area contributed by atoms with Crippen molar-refractivity contribution >= 4 is 64.4 Å². The molecule has 0 aliphatic carbocycles. The molecule has 2 aromatic carbocycles. The summed E-state index contributed by atoms with van der Waals surface area (Å²) >= 11 is 17.8. The zero-order chi connectivity index (χ0) is 21.4. The molecular formula is C21H11Cl3N2O4. The van der Waals surface area contributed by atoms with Crippen molar-refractivity contribution in [2.24, 2.45) is 0 Å². The SMILES string of the molecule is O=C1NC(=O)N(c2ccc(Cl)cc2)C(=O)/C1=C\c1ccc(-c2ccc(Cl)c(Cl)c2)o1. The number of nitrogens with one attached hydrogen (secondary N) is 1. The first-order chi connectivity index (χ1) is 14.3. The maximum atomic E-state index is 12.9. The maximum Gasteiger partial charge on any atom is 0.335 e. The van der Waals surface area contributed by atoms with Gasteiger partial charge in [0.2, 0.25) is 0 Å². The standard InChI is InChI=1S/C21H11Cl3N2O4/c22-12-2-4-13(5-3-12)26-20(28)15(19(27)25-21(26)29)10-14-6-8-18(30-14)11-1-7-16(23)17(24)9-11/h1-10H,(H,25,27,29)/b15-10-. The summed E-state index contributed by atoms with van der Waals surface area (Å²) in [5.41, 5.74) is 0.697. The Kier molecular flexibility index (Phi) is 5.39. The van der Waals surface area contributed by atoms with E-state index in [1.165, 1.54) is 30.3 Å². The summed E-state index contributed by atoms with van der Waals surface area (Å²) in [5.74, 6) is -0.879. The van der Waals surface area contributed by atoms with E-state index in [2.05, 4.69) is 5.32 Å². The Bertz CT molecular complexity index is 1220. The minimum absolute atomic E-state index is 0.250. The van der Waals surface area contributed by atoms with Gasteiger partial charge in [0.25, 0.3) is 11.8 Å². The van der Waals surface area contributed by atoms with Gasteiger partial charge in [-0.15, -0.1) is 0 Å². The summed E-state index contributed by atoms with van der Waals surface area (Å²) in [4.78, 5) is 38.2. The third kappa shape index (κ3) is 3.85. The predicted octanol–water partition coefficient (Wildman–Crippen LogP) is 5.57. The fourth-order valence-corrected chi connectivity index (χ4v) is 3.28. The third-order valence-electron chi connectivity index (χ3n) is 4.30. The number of imide groups is 2. The van der Waals surface area contributed by atoms with Crippen LogP contribution in [-0.4, -0.2) is 17.8 Å². The molecule has 4 rings (SSSR count). The van der Waals surface area contributed by atoms with E-state index in [9.17, 15) is 14.4 Å². The van der Waals surface area contributed by atoms with E-state index in [1.54, 1.807) is 30.3 Å². The Morgan fingerprint density at radius 1 is 0.867 bits per heavy atom. The zero-order valence-corrected chi connectivity index (χ0v) is 17.3. The molecule has 1 aliphatic rings. The molecule has 150 valence electrons. The molecule has 1 fully saturated rings. The van der Waals surface area contributed by atoms with Crippen LogP contribution < -0.4 is 10.2 Å². The number of furan rings is 1. The number of barbiturate groups is 1. The molecule has 1 aliphatic heterocycles. The summed E-state index contributed by atoms with van der Waals surface area (Å²) in [7, 11) is 0. The molecule has 2 heterocycles. The van der Waals surface area contributed by atoms with Crippen LogP contribution in [0.3, 0.4) is 0 Å². The number of hydrogen-bond donors (Lipinski definition) is 1. The normalized spacial score (nSPS) is 15.6. The van der Waals surface area contributed by atoms with E-state index in [0.29, 0.717) is 26.4 Å². The average molecular weight is 462 g/mol. The number of nitrogens with zero attached hydrogens (tertiary/aromatic N) is 1. The Labute approximate surface area is 185 Å². The summed E-state index contributed by atoms with van der Waals surface area (Å²) in [6.07, 6.45) is 1.27. The highest BCUT2D eigenvalue weighted by molar-refractivity contribution is 6.42. The van der Waals surface area contributed by atoms with Crippen LogP contribution in [-0.2, 0) is 9.59 Å². The second-order valence-corrected chi connectivity index (χ2v) is 7.52. The van der Waals surface area contributed by atoms with Crippen molar-refractivity contribution in [3.8, 4) is 11.3 Å². The fourth-order valence-electron chi connectivity index (χ4n) is 2.86. The van der Waals surface area contributed by atoms with E-state index in [-0.39, 0.29) is 17.0 Å². The van der Waals surface area contributed by atoms with Crippen LogP contribution in [0, 0.1) is 0 Å². The smallest absolute Gasteiger partial charge is 0.335 e. The number of carbonyl (C=O) groups is 3. The number of anilines is 1. The van der Waals surface area contributed by atoms with E-state index in [0.717, 1.165) is 4.90 Å². The second kappa shape index (κ2) is 7.99. The summed E-state index contributed by atoms with van der Waals surface area (Å²) < 4.78 is 5.72. The molecule has 0 spiro atoms. The minimum Gasteiger partial charge on any atom is -0.457 e. The highest BCUT2D eigenvalue weighted by Gasteiger charge is 2.37. The molecular weight excluding hydrogens is 451 g/mol. The van der Waals surface area contributed by atoms with Gasteiger partial charge in [0.1, 0.15) is 17.1 Å². The largest absolute Gasteiger partial charge is 0.457 e. The number of carbonyl (C=O) groups excluding carboxylic acids is 3. The van der Waals surface area contributed by atoms with Crippen molar-refractivity contribution in [2.75, 3.05) is 4.90 Å². The Balaban J connectivity index is 1.67. The molecule has 0 saturated carbocycles. The molecule has 30 heavy (non-hydrogen) atoms. The summed E-state index contributed by atoms with van der Waals surface area (Å²) in [6.45, 7) is 0. The summed E-state index contributed by atoms with van der Waals surface area (Å²) in [6, 6.07) is 13.5. The van der Waals surface area contributed by atoms with E-state index in [4.69, 9.17) is 39.2 Å². The van der Waals surface area contributed by atoms with E-state index < -0.39 is 17.8 Å². The quantitative estimate of drug-likeness (QED) is 0.408. The lowest BCUT2D eigenvalue weighted by Gasteiger charge is -2.26. The van der Waals surface area contributed by atoms with Crippen LogP contribution in [0.2, 0.25) is 15.1 Å². The van der Waals surface area contributed by atoms with E-state index in [1.807, 2.05) is 0 Å². The van der Waals surface area contributed by atoms with Gasteiger partial charge in [-0.05, 0) is 60.7 Å². The van der Waals surface area contributed by atoms with Gasteiger partial charge in [-0.3, -0.25) is 14.9 Å². The molecule has 9 heteroatoms. The monoisotopic (exact) mass is 460 g/mol. The zero-order valence-electron chi connectivity index (χ0n) is 15.0. The number of halogens is 3. The maximum absolute atomic E-state index is 12.9.